The van der Waals surface area contributed by atoms with Crippen LogP contribution in [0, 0.1) is 0 Å². The zero-order valence-corrected chi connectivity index (χ0v) is 11.1. The van der Waals surface area contributed by atoms with Gasteiger partial charge in [-0.15, -0.1) is 0 Å². The number of methoxy groups -OCH3 is 1. The number of hydrogen-bond donors (Lipinski definition) is 1. The third-order valence-corrected chi connectivity index (χ3v) is 3.11. The number of hydrogen-bond acceptors (Lipinski definition) is 4. The lowest BCUT2D eigenvalue weighted by Crippen LogP contribution is -2.21. The summed E-state index contributed by atoms with van der Waals surface area (Å²) in [6.07, 6.45) is -0.290. The number of primary sulfonamides is 1. The Balaban J connectivity index is 3.07. The SMILES string of the molecule is COC[C@H](C)Oc1ccc(Cl)cc1S(N)(=O)=O. The molecule has 0 bridgehead atoms. The van der Waals surface area contributed by atoms with Gasteiger partial charge in [0.15, 0.2) is 0 Å². The number of benzene rings is 1. The van der Waals surface area contributed by atoms with E-state index in [1.807, 2.05) is 0 Å². The maximum Gasteiger partial charge on any atom is 0.241 e. The molecule has 0 heterocycles. The minimum absolute atomic E-state index is 0.132. The Labute approximate surface area is 106 Å². The zero-order valence-electron chi connectivity index (χ0n) is 9.51. The number of rotatable bonds is 5. The number of nitrogens with two attached hydrogens (primary N) is 1. The van der Waals surface area contributed by atoms with Gasteiger partial charge in [0.2, 0.25) is 10.0 Å². The van der Waals surface area contributed by atoms with Crippen LogP contribution in [-0.2, 0) is 14.8 Å². The van der Waals surface area contributed by atoms with Crippen molar-refractivity contribution in [2.24, 2.45) is 5.14 Å². The topological polar surface area (TPSA) is 78.6 Å². The second-order valence-electron chi connectivity index (χ2n) is 3.52. The van der Waals surface area contributed by atoms with Gasteiger partial charge in [0.25, 0.3) is 0 Å². The molecule has 0 fully saturated rings. The van der Waals surface area contributed by atoms with Crippen LogP contribution in [0.2, 0.25) is 5.02 Å². The molecule has 0 radical (unpaired) electrons. The van der Waals surface area contributed by atoms with Gasteiger partial charge in [-0.1, -0.05) is 11.6 Å². The van der Waals surface area contributed by atoms with Crippen LogP contribution in [0.3, 0.4) is 0 Å². The minimum atomic E-state index is -3.87. The van der Waals surface area contributed by atoms with E-state index < -0.39 is 10.0 Å². The third-order valence-electron chi connectivity index (χ3n) is 1.94. The van der Waals surface area contributed by atoms with Crippen LogP contribution >= 0.6 is 11.6 Å². The Kier molecular flexibility index (Phi) is 4.76. The number of sulfonamides is 1. The molecule has 0 saturated heterocycles. The van der Waals surface area contributed by atoms with Gasteiger partial charge >= 0.3 is 0 Å². The molecule has 7 heteroatoms. The lowest BCUT2D eigenvalue weighted by Gasteiger charge is -2.16. The third kappa shape index (κ3) is 4.16. The van der Waals surface area contributed by atoms with Crippen molar-refractivity contribution in [2.45, 2.75) is 17.9 Å². The summed E-state index contributed by atoms with van der Waals surface area (Å²) in [7, 11) is -2.34. The molecule has 0 spiro atoms. The van der Waals surface area contributed by atoms with E-state index >= 15 is 0 Å². The Hall–Kier alpha value is -0.820. The van der Waals surface area contributed by atoms with Gasteiger partial charge < -0.3 is 9.47 Å². The molecule has 0 aliphatic carbocycles. The van der Waals surface area contributed by atoms with Crippen molar-refractivity contribution >= 4 is 21.6 Å². The molecule has 1 rings (SSSR count). The summed E-state index contributed by atoms with van der Waals surface area (Å²) in [4.78, 5) is -0.132. The Morgan fingerprint density at radius 3 is 2.65 bits per heavy atom. The molecule has 1 aromatic rings. The molecule has 0 saturated carbocycles. The normalized spacial score (nSPS) is 13.4. The van der Waals surface area contributed by atoms with Crippen LogP contribution < -0.4 is 9.88 Å². The number of halogens is 1. The molecule has 0 amide bonds. The highest BCUT2D eigenvalue weighted by molar-refractivity contribution is 7.89. The van der Waals surface area contributed by atoms with Crippen molar-refractivity contribution in [3.8, 4) is 5.75 Å². The van der Waals surface area contributed by atoms with Gasteiger partial charge in [0, 0.05) is 12.1 Å². The summed E-state index contributed by atoms with van der Waals surface area (Å²) in [5.41, 5.74) is 0. The highest BCUT2D eigenvalue weighted by atomic mass is 35.5. The molecule has 1 atom stereocenters. The first-order chi connectivity index (χ1) is 7.84. The van der Waals surface area contributed by atoms with Gasteiger partial charge in [0.05, 0.1) is 6.61 Å². The average molecular weight is 280 g/mol. The average Bonchev–Trinajstić information content (AvgIpc) is 2.19. The van der Waals surface area contributed by atoms with Crippen LogP contribution in [0.25, 0.3) is 0 Å². The highest BCUT2D eigenvalue weighted by Gasteiger charge is 2.17. The lowest BCUT2D eigenvalue weighted by atomic mass is 10.3. The van der Waals surface area contributed by atoms with E-state index in [9.17, 15) is 8.42 Å². The summed E-state index contributed by atoms with van der Waals surface area (Å²) in [6.45, 7) is 2.09. The van der Waals surface area contributed by atoms with Gasteiger partial charge in [0.1, 0.15) is 16.7 Å². The Bertz CT molecular complexity index is 489. The first kappa shape index (κ1) is 14.2. The zero-order chi connectivity index (χ0) is 13.1. The first-order valence-electron chi connectivity index (χ1n) is 4.82. The van der Waals surface area contributed by atoms with E-state index in [4.69, 9.17) is 26.2 Å². The van der Waals surface area contributed by atoms with Crippen molar-refractivity contribution in [2.75, 3.05) is 13.7 Å². The van der Waals surface area contributed by atoms with E-state index in [-0.39, 0.29) is 21.8 Å². The first-order valence-corrected chi connectivity index (χ1v) is 6.75. The van der Waals surface area contributed by atoms with E-state index in [0.29, 0.717) is 6.61 Å². The molecule has 2 N–H and O–H groups in total. The standard InChI is InChI=1S/C10H14ClNO4S/c1-7(6-15-2)16-9-4-3-8(11)5-10(9)17(12,13)14/h3-5,7H,6H2,1-2H3,(H2,12,13,14)/t7-/m0/s1. The fourth-order valence-corrected chi connectivity index (χ4v) is 2.21. The summed E-state index contributed by atoms with van der Waals surface area (Å²) in [6, 6.07) is 4.26. The van der Waals surface area contributed by atoms with Gasteiger partial charge in [-0.25, -0.2) is 13.6 Å². The monoisotopic (exact) mass is 279 g/mol. The smallest absolute Gasteiger partial charge is 0.241 e. The summed E-state index contributed by atoms with van der Waals surface area (Å²) in [5, 5.41) is 5.36. The van der Waals surface area contributed by atoms with Crippen molar-refractivity contribution in [3.63, 3.8) is 0 Å². The largest absolute Gasteiger partial charge is 0.487 e. The molecule has 0 aliphatic heterocycles. The summed E-state index contributed by atoms with van der Waals surface area (Å²) < 4.78 is 33.0. The van der Waals surface area contributed by atoms with Crippen LogP contribution in [-0.4, -0.2) is 28.2 Å². The molecular weight excluding hydrogens is 266 g/mol. The van der Waals surface area contributed by atoms with Crippen LogP contribution in [0.15, 0.2) is 23.1 Å². The fourth-order valence-electron chi connectivity index (χ4n) is 1.29. The van der Waals surface area contributed by atoms with Crippen LogP contribution in [0.4, 0.5) is 0 Å². The van der Waals surface area contributed by atoms with Crippen LogP contribution in [0.1, 0.15) is 6.92 Å². The molecule has 1 aromatic carbocycles. The maximum atomic E-state index is 11.4. The van der Waals surface area contributed by atoms with Gasteiger partial charge in [-0.05, 0) is 25.1 Å². The van der Waals surface area contributed by atoms with Gasteiger partial charge in [-0.2, -0.15) is 0 Å². The molecule has 96 valence electrons. The Morgan fingerprint density at radius 1 is 1.47 bits per heavy atom. The number of ether oxygens (including phenoxy) is 2. The van der Waals surface area contributed by atoms with E-state index in [1.54, 1.807) is 6.92 Å². The summed E-state index contributed by atoms with van der Waals surface area (Å²) >= 11 is 5.72. The van der Waals surface area contributed by atoms with Crippen LogP contribution in [0.5, 0.6) is 5.75 Å². The summed E-state index contributed by atoms with van der Waals surface area (Å²) in [5.74, 6) is 0.168. The predicted molar refractivity (Wildman–Crippen MR) is 64.8 cm³/mol. The van der Waals surface area contributed by atoms with E-state index in [2.05, 4.69) is 0 Å². The van der Waals surface area contributed by atoms with Crippen molar-refractivity contribution < 1.29 is 17.9 Å². The molecule has 0 aliphatic rings. The predicted octanol–water partition coefficient (Wildman–Crippen LogP) is 1.40. The molecule has 0 unspecified atom stereocenters. The van der Waals surface area contributed by atoms with E-state index in [0.717, 1.165) is 0 Å². The van der Waals surface area contributed by atoms with Crippen molar-refractivity contribution in [3.05, 3.63) is 23.2 Å². The minimum Gasteiger partial charge on any atom is -0.487 e. The molecule has 5 nitrogen and oxygen atoms in total. The lowest BCUT2D eigenvalue weighted by molar-refractivity contribution is 0.0901. The molecular formula is C10H14ClNO4S. The van der Waals surface area contributed by atoms with Gasteiger partial charge in [-0.3, -0.25) is 0 Å². The second-order valence-corrected chi connectivity index (χ2v) is 5.49. The van der Waals surface area contributed by atoms with E-state index in [1.165, 1.54) is 25.3 Å². The quantitative estimate of drug-likeness (QED) is 0.884. The molecule has 0 aromatic heterocycles. The molecule has 17 heavy (non-hydrogen) atoms. The fraction of sp³-hybridized carbons (Fsp3) is 0.400. The van der Waals surface area contributed by atoms with Crippen molar-refractivity contribution in [1.82, 2.24) is 0 Å². The highest BCUT2D eigenvalue weighted by Crippen LogP contribution is 2.27. The second kappa shape index (κ2) is 5.68. The maximum absolute atomic E-state index is 11.4. The Morgan fingerprint density at radius 2 is 2.12 bits per heavy atom. The van der Waals surface area contributed by atoms with Crippen molar-refractivity contribution in [1.29, 1.82) is 0 Å².